The van der Waals surface area contributed by atoms with Crippen LogP contribution in [0.5, 0.6) is 0 Å². The molecule has 1 heterocycles. The molecule has 2 saturated carbocycles. The van der Waals surface area contributed by atoms with Crippen LogP contribution in [0.2, 0.25) is 0 Å². The molecule has 3 fully saturated rings. The number of allylic oxidation sites excluding steroid dienone is 1. The Morgan fingerprint density at radius 1 is 1.00 bits per heavy atom. The van der Waals surface area contributed by atoms with Crippen molar-refractivity contribution in [2.75, 3.05) is 0 Å². The third kappa shape index (κ3) is 1.44. The summed E-state index contributed by atoms with van der Waals surface area (Å²) in [5.74, 6) is 2.16. The summed E-state index contributed by atoms with van der Waals surface area (Å²) in [4.78, 5) is 0. The maximum atomic E-state index is 4.18. The molecule has 0 bridgehead atoms. The largest absolute Gasteiger partial charge is 0.154 e. The second kappa shape index (κ2) is 3.59. The zero-order valence-electron chi connectivity index (χ0n) is 8.87. The molecular weight excluding hydrogens is 188 g/mol. The molecule has 78 valence electrons. The van der Waals surface area contributed by atoms with Gasteiger partial charge in [-0.2, -0.15) is 11.8 Å². The summed E-state index contributed by atoms with van der Waals surface area (Å²) in [5, 5.41) is 1.99. The van der Waals surface area contributed by atoms with Crippen LogP contribution in [-0.2, 0) is 0 Å². The molecule has 3 rings (SSSR count). The van der Waals surface area contributed by atoms with Gasteiger partial charge >= 0.3 is 0 Å². The Labute approximate surface area is 91.5 Å². The van der Waals surface area contributed by atoms with Crippen molar-refractivity contribution in [1.82, 2.24) is 0 Å². The quantitative estimate of drug-likeness (QED) is 0.542. The molecular formula is C13H20S. The van der Waals surface area contributed by atoms with E-state index in [4.69, 9.17) is 0 Å². The van der Waals surface area contributed by atoms with Gasteiger partial charge in [-0.05, 0) is 43.9 Å². The average Bonchev–Trinajstić information content (AvgIpc) is 2.54. The summed E-state index contributed by atoms with van der Waals surface area (Å²) in [7, 11) is 0. The fourth-order valence-corrected chi connectivity index (χ4v) is 5.91. The predicted octanol–water partition coefficient (Wildman–Crippen LogP) is 4.02. The predicted molar refractivity (Wildman–Crippen MR) is 63.6 cm³/mol. The van der Waals surface area contributed by atoms with Crippen LogP contribution < -0.4 is 0 Å². The van der Waals surface area contributed by atoms with E-state index in [0.717, 1.165) is 22.3 Å². The Morgan fingerprint density at radius 3 is 2.71 bits per heavy atom. The summed E-state index contributed by atoms with van der Waals surface area (Å²) in [5.41, 5.74) is 1.53. The van der Waals surface area contributed by atoms with Crippen LogP contribution in [0.1, 0.15) is 44.9 Å². The molecule has 0 N–H and O–H groups in total. The summed E-state index contributed by atoms with van der Waals surface area (Å²) < 4.78 is 0. The smallest absolute Gasteiger partial charge is 0.0118 e. The molecule has 2 aliphatic carbocycles. The fourth-order valence-electron chi connectivity index (χ4n) is 3.74. The summed E-state index contributed by atoms with van der Waals surface area (Å²) in [6.45, 7) is 4.18. The molecule has 1 saturated heterocycles. The summed E-state index contributed by atoms with van der Waals surface area (Å²) in [6.07, 6.45) is 10.2. The molecule has 4 unspecified atom stereocenters. The Morgan fingerprint density at radius 2 is 1.79 bits per heavy atom. The first-order valence-electron chi connectivity index (χ1n) is 6.17. The topological polar surface area (TPSA) is 0 Å². The van der Waals surface area contributed by atoms with Gasteiger partial charge in [0.1, 0.15) is 0 Å². The van der Waals surface area contributed by atoms with Crippen molar-refractivity contribution in [3.05, 3.63) is 12.2 Å². The van der Waals surface area contributed by atoms with Gasteiger partial charge in [-0.15, -0.1) is 0 Å². The lowest BCUT2D eigenvalue weighted by Crippen LogP contribution is -2.27. The summed E-state index contributed by atoms with van der Waals surface area (Å²) in [6, 6.07) is 0. The maximum absolute atomic E-state index is 4.18. The van der Waals surface area contributed by atoms with Crippen LogP contribution in [0.3, 0.4) is 0 Å². The maximum Gasteiger partial charge on any atom is 0.0118 e. The molecule has 0 amide bonds. The molecule has 1 aliphatic heterocycles. The Balaban J connectivity index is 1.77. The molecule has 0 aromatic heterocycles. The SMILES string of the molecule is C=C1CCC2C(C1)SC1CCCCC12. The second-order valence-corrected chi connectivity index (χ2v) is 6.80. The molecule has 3 aliphatic rings. The number of hydrogen-bond donors (Lipinski definition) is 0. The zero-order valence-corrected chi connectivity index (χ0v) is 9.69. The molecule has 14 heavy (non-hydrogen) atoms. The van der Waals surface area contributed by atoms with Crippen LogP contribution >= 0.6 is 11.8 Å². The van der Waals surface area contributed by atoms with E-state index < -0.39 is 0 Å². The number of fused-ring (bicyclic) bond motifs is 3. The molecule has 4 atom stereocenters. The van der Waals surface area contributed by atoms with Gasteiger partial charge in [0.15, 0.2) is 0 Å². The van der Waals surface area contributed by atoms with Crippen LogP contribution in [0.15, 0.2) is 12.2 Å². The molecule has 0 aromatic rings. The monoisotopic (exact) mass is 208 g/mol. The van der Waals surface area contributed by atoms with Gasteiger partial charge in [0.25, 0.3) is 0 Å². The first kappa shape index (κ1) is 9.33. The minimum absolute atomic E-state index is 0.962. The van der Waals surface area contributed by atoms with Gasteiger partial charge in [0, 0.05) is 10.5 Å². The highest BCUT2D eigenvalue weighted by Gasteiger charge is 2.45. The van der Waals surface area contributed by atoms with Gasteiger partial charge in [-0.1, -0.05) is 25.0 Å². The first-order chi connectivity index (χ1) is 6.84. The van der Waals surface area contributed by atoms with E-state index in [-0.39, 0.29) is 0 Å². The molecule has 0 aromatic carbocycles. The van der Waals surface area contributed by atoms with Crippen molar-refractivity contribution in [2.45, 2.75) is 55.4 Å². The van der Waals surface area contributed by atoms with Gasteiger partial charge in [-0.25, -0.2) is 0 Å². The van der Waals surface area contributed by atoms with Crippen LogP contribution in [0.4, 0.5) is 0 Å². The first-order valence-corrected chi connectivity index (χ1v) is 7.11. The highest BCUT2D eigenvalue weighted by atomic mass is 32.2. The Bertz CT molecular complexity index is 246. The molecule has 0 spiro atoms. The van der Waals surface area contributed by atoms with E-state index in [9.17, 15) is 0 Å². The average molecular weight is 208 g/mol. The van der Waals surface area contributed by atoms with Crippen molar-refractivity contribution in [2.24, 2.45) is 11.8 Å². The van der Waals surface area contributed by atoms with E-state index in [1.54, 1.807) is 0 Å². The van der Waals surface area contributed by atoms with Crippen LogP contribution in [0, 0.1) is 11.8 Å². The zero-order chi connectivity index (χ0) is 9.54. The third-order valence-electron chi connectivity index (χ3n) is 4.45. The van der Waals surface area contributed by atoms with Crippen molar-refractivity contribution < 1.29 is 0 Å². The minimum atomic E-state index is 0.962. The van der Waals surface area contributed by atoms with E-state index >= 15 is 0 Å². The molecule has 0 radical (unpaired) electrons. The Hall–Kier alpha value is 0.0900. The second-order valence-electron chi connectivity index (χ2n) is 5.32. The minimum Gasteiger partial charge on any atom is -0.154 e. The highest BCUT2D eigenvalue weighted by molar-refractivity contribution is 8.00. The van der Waals surface area contributed by atoms with Gasteiger partial charge < -0.3 is 0 Å². The van der Waals surface area contributed by atoms with Crippen molar-refractivity contribution in [3.8, 4) is 0 Å². The fraction of sp³-hybridized carbons (Fsp3) is 0.846. The van der Waals surface area contributed by atoms with E-state index in [1.165, 1.54) is 50.5 Å². The number of hydrogen-bond acceptors (Lipinski definition) is 1. The highest BCUT2D eigenvalue weighted by Crippen LogP contribution is 2.55. The lowest BCUT2D eigenvalue weighted by Gasteiger charge is -2.31. The Kier molecular flexibility index (Phi) is 2.39. The van der Waals surface area contributed by atoms with Crippen LogP contribution in [0.25, 0.3) is 0 Å². The van der Waals surface area contributed by atoms with Crippen molar-refractivity contribution in [3.63, 3.8) is 0 Å². The summed E-state index contributed by atoms with van der Waals surface area (Å²) >= 11 is 2.32. The van der Waals surface area contributed by atoms with Crippen molar-refractivity contribution >= 4 is 11.8 Å². The lowest BCUT2D eigenvalue weighted by atomic mass is 9.73. The normalized spacial score (nSPS) is 47.3. The number of thioether (sulfide) groups is 1. The molecule has 1 heteroatoms. The van der Waals surface area contributed by atoms with Crippen molar-refractivity contribution in [1.29, 1.82) is 0 Å². The van der Waals surface area contributed by atoms with Crippen LogP contribution in [-0.4, -0.2) is 10.5 Å². The van der Waals surface area contributed by atoms with E-state index in [0.29, 0.717) is 0 Å². The van der Waals surface area contributed by atoms with Gasteiger partial charge in [0.05, 0.1) is 0 Å². The van der Waals surface area contributed by atoms with E-state index in [2.05, 4.69) is 18.3 Å². The standard InChI is InChI=1S/C13H20S/c1-9-6-7-11-10-4-2-3-5-12(10)14-13(11)8-9/h10-13H,1-8H2. The molecule has 0 nitrogen and oxygen atoms in total. The third-order valence-corrected chi connectivity index (χ3v) is 6.25. The van der Waals surface area contributed by atoms with Gasteiger partial charge in [0.2, 0.25) is 0 Å². The number of rotatable bonds is 0. The lowest BCUT2D eigenvalue weighted by molar-refractivity contribution is 0.248. The van der Waals surface area contributed by atoms with E-state index in [1.807, 2.05) is 0 Å². The van der Waals surface area contributed by atoms with Gasteiger partial charge in [-0.3, -0.25) is 0 Å².